The van der Waals surface area contributed by atoms with Gasteiger partial charge in [0.05, 0.1) is 4.92 Å². The van der Waals surface area contributed by atoms with Crippen LogP contribution in [-0.4, -0.2) is 20.9 Å². The summed E-state index contributed by atoms with van der Waals surface area (Å²) in [7, 11) is 0. The molecular weight excluding hydrogens is 244 g/mol. The van der Waals surface area contributed by atoms with Gasteiger partial charge in [0.25, 0.3) is 0 Å². The fourth-order valence-electron chi connectivity index (χ4n) is 1.49. The first-order valence-corrected chi connectivity index (χ1v) is 5.97. The van der Waals surface area contributed by atoms with Crippen LogP contribution in [0.3, 0.4) is 0 Å². The Morgan fingerprint density at radius 2 is 2.24 bits per heavy atom. The smallest absolute Gasteiger partial charge is 0.348 e. The molecule has 0 spiro atoms. The summed E-state index contributed by atoms with van der Waals surface area (Å²) in [5.74, 6) is 0.798. The molecule has 7 heteroatoms. The Bertz CT molecular complexity index is 448. The van der Waals surface area contributed by atoms with Crippen molar-refractivity contribution in [2.45, 2.75) is 38.6 Å². The lowest BCUT2D eigenvalue weighted by atomic mass is 10.3. The topological polar surface area (TPSA) is 81.0 Å². The van der Waals surface area contributed by atoms with Crippen LogP contribution < -0.4 is 5.32 Å². The summed E-state index contributed by atoms with van der Waals surface area (Å²) in [5.41, 5.74) is -0.224. The number of hydrogen-bond donors (Lipinski definition) is 1. The van der Waals surface area contributed by atoms with Crippen molar-refractivity contribution in [3.8, 4) is 0 Å². The van der Waals surface area contributed by atoms with Gasteiger partial charge in [-0.1, -0.05) is 18.5 Å². The van der Waals surface area contributed by atoms with Gasteiger partial charge in [-0.2, -0.15) is 0 Å². The molecule has 2 rings (SSSR count). The molecule has 1 aromatic heterocycles. The van der Waals surface area contributed by atoms with Crippen LogP contribution in [0.5, 0.6) is 0 Å². The number of halogens is 1. The molecule has 1 aromatic rings. The van der Waals surface area contributed by atoms with Crippen LogP contribution >= 0.6 is 11.6 Å². The third kappa shape index (κ3) is 2.82. The van der Waals surface area contributed by atoms with E-state index in [1.54, 1.807) is 0 Å². The average Bonchev–Trinajstić information content (AvgIpc) is 3.00. The van der Waals surface area contributed by atoms with Crippen LogP contribution in [0.25, 0.3) is 0 Å². The molecule has 1 saturated carbocycles. The van der Waals surface area contributed by atoms with Gasteiger partial charge in [-0.25, -0.2) is 9.97 Å². The molecule has 1 aliphatic carbocycles. The zero-order valence-corrected chi connectivity index (χ0v) is 10.2. The number of aryl methyl sites for hydroxylation is 1. The highest BCUT2D eigenvalue weighted by Gasteiger charge is 2.29. The maximum Gasteiger partial charge on any atom is 0.348 e. The molecule has 6 nitrogen and oxygen atoms in total. The van der Waals surface area contributed by atoms with E-state index in [-0.39, 0.29) is 22.7 Å². The molecule has 1 aliphatic rings. The first kappa shape index (κ1) is 12.0. The third-order valence-electron chi connectivity index (χ3n) is 2.46. The van der Waals surface area contributed by atoms with E-state index in [1.165, 1.54) is 0 Å². The summed E-state index contributed by atoms with van der Waals surface area (Å²) in [6, 6.07) is 0.286. The summed E-state index contributed by atoms with van der Waals surface area (Å²) in [6.45, 7) is 1.99. The van der Waals surface area contributed by atoms with Crippen molar-refractivity contribution >= 4 is 23.1 Å². The summed E-state index contributed by atoms with van der Waals surface area (Å²) in [5, 5.41) is 13.9. The quantitative estimate of drug-likeness (QED) is 0.497. The first-order valence-electron chi connectivity index (χ1n) is 5.59. The summed E-state index contributed by atoms with van der Waals surface area (Å²) in [4.78, 5) is 18.5. The Hall–Kier alpha value is -1.43. The third-order valence-corrected chi connectivity index (χ3v) is 2.73. The fourth-order valence-corrected chi connectivity index (χ4v) is 1.75. The maximum atomic E-state index is 10.9. The van der Waals surface area contributed by atoms with E-state index >= 15 is 0 Å². The van der Waals surface area contributed by atoms with Crippen LogP contribution in [0, 0.1) is 10.1 Å². The molecule has 92 valence electrons. The van der Waals surface area contributed by atoms with Crippen LogP contribution in [-0.2, 0) is 6.42 Å². The normalized spacial score (nSPS) is 14.7. The molecule has 0 atom stereocenters. The summed E-state index contributed by atoms with van der Waals surface area (Å²) in [6.07, 6.45) is 3.57. The summed E-state index contributed by atoms with van der Waals surface area (Å²) >= 11 is 5.84. The Morgan fingerprint density at radius 3 is 2.76 bits per heavy atom. The highest BCUT2D eigenvalue weighted by molar-refractivity contribution is 6.31. The van der Waals surface area contributed by atoms with Gasteiger partial charge in [0.2, 0.25) is 11.0 Å². The number of hydrogen-bond acceptors (Lipinski definition) is 5. The highest BCUT2D eigenvalue weighted by Crippen LogP contribution is 2.33. The van der Waals surface area contributed by atoms with Gasteiger partial charge in [0.15, 0.2) is 0 Å². The maximum absolute atomic E-state index is 10.9. The number of rotatable bonds is 5. The predicted molar refractivity (Wildman–Crippen MR) is 64.3 cm³/mol. The lowest BCUT2D eigenvalue weighted by molar-refractivity contribution is -0.384. The highest BCUT2D eigenvalue weighted by atomic mass is 35.5. The van der Waals surface area contributed by atoms with E-state index in [4.69, 9.17) is 11.6 Å². The Morgan fingerprint density at radius 1 is 1.53 bits per heavy atom. The second-order valence-electron chi connectivity index (χ2n) is 4.05. The molecule has 0 aliphatic heterocycles. The molecule has 0 saturated heterocycles. The minimum Gasteiger partial charge on any atom is -0.361 e. The van der Waals surface area contributed by atoms with E-state index in [2.05, 4.69) is 15.3 Å². The van der Waals surface area contributed by atoms with Crippen molar-refractivity contribution in [2.24, 2.45) is 0 Å². The molecule has 1 heterocycles. The molecule has 1 fully saturated rings. The van der Waals surface area contributed by atoms with Gasteiger partial charge in [-0.15, -0.1) is 0 Å². The molecule has 17 heavy (non-hydrogen) atoms. The lowest BCUT2D eigenvalue weighted by Crippen LogP contribution is -2.10. The number of nitrogens with one attached hydrogen (secondary N) is 1. The fraction of sp³-hybridized carbons (Fsp3) is 0.600. The van der Waals surface area contributed by atoms with Crippen molar-refractivity contribution in [1.82, 2.24) is 9.97 Å². The Kier molecular flexibility index (Phi) is 3.42. The molecule has 1 N–H and O–H groups in total. The van der Waals surface area contributed by atoms with Gasteiger partial charge in [0, 0.05) is 12.5 Å². The van der Waals surface area contributed by atoms with Gasteiger partial charge in [-0.3, -0.25) is 10.1 Å². The largest absolute Gasteiger partial charge is 0.361 e. The van der Waals surface area contributed by atoms with E-state index in [1.807, 2.05) is 6.92 Å². The van der Waals surface area contributed by atoms with Crippen molar-refractivity contribution in [3.05, 3.63) is 21.1 Å². The predicted octanol–water partition coefficient (Wildman–Crippen LogP) is 2.57. The number of anilines is 1. The lowest BCUT2D eigenvalue weighted by Gasteiger charge is -2.07. The van der Waals surface area contributed by atoms with Gasteiger partial charge >= 0.3 is 5.69 Å². The number of nitrogens with zero attached hydrogens (tertiary/aromatic N) is 3. The summed E-state index contributed by atoms with van der Waals surface area (Å²) < 4.78 is 0. The zero-order chi connectivity index (χ0) is 12.4. The number of nitro groups is 1. The van der Waals surface area contributed by atoms with E-state index in [0.29, 0.717) is 12.2 Å². The van der Waals surface area contributed by atoms with Crippen molar-refractivity contribution in [3.63, 3.8) is 0 Å². The SMILES string of the molecule is CCCc1nc(Cl)c([N+](=O)[O-])c(NC2CC2)n1. The monoisotopic (exact) mass is 256 g/mol. The standard InChI is InChI=1S/C10H13ClN4O2/c1-2-3-7-13-9(11)8(15(16)17)10(14-7)12-6-4-5-6/h6H,2-5H2,1H3,(H,12,13,14). The van der Waals surface area contributed by atoms with Crippen LogP contribution in [0.1, 0.15) is 32.0 Å². The molecule has 0 amide bonds. The van der Waals surface area contributed by atoms with Crippen LogP contribution in [0.2, 0.25) is 5.15 Å². The minimum absolute atomic E-state index is 0.0865. The molecule has 0 bridgehead atoms. The van der Waals surface area contributed by atoms with E-state index in [9.17, 15) is 10.1 Å². The van der Waals surface area contributed by atoms with Gasteiger partial charge in [0.1, 0.15) is 5.82 Å². The first-order chi connectivity index (χ1) is 8.11. The average molecular weight is 257 g/mol. The zero-order valence-electron chi connectivity index (χ0n) is 9.44. The number of aromatic nitrogens is 2. The Labute approximate surface area is 104 Å². The molecule has 0 unspecified atom stereocenters. The second kappa shape index (κ2) is 4.83. The van der Waals surface area contributed by atoms with E-state index in [0.717, 1.165) is 19.3 Å². The second-order valence-corrected chi connectivity index (χ2v) is 4.41. The van der Waals surface area contributed by atoms with Crippen LogP contribution in [0.4, 0.5) is 11.5 Å². The van der Waals surface area contributed by atoms with Crippen molar-refractivity contribution < 1.29 is 4.92 Å². The van der Waals surface area contributed by atoms with Crippen molar-refractivity contribution in [2.75, 3.05) is 5.32 Å². The Balaban J connectivity index is 2.37. The van der Waals surface area contributed by atoms with Gasteiger partial charge in [-0.05, 0) is 19.3 Å². The van der Waals surface area contributed by atoms with Crippen molar-refractivity contribution in [1.29, 1.82) is 0 Å². The molecule has 0 aromatic carbocycles. The van der Waals surface area contributed by atoms with E-state index < -0.39 is 4.92 Å². The van der Waals surface area contributed by atoms with Gasteiger partial charge < -0.3 is 5.32 Å². The van der Waals surface area contributed by atoms with Crippen LogP contribution in [0.15, 0.2) is 0 Å². The molecule has 0 radical (unpaired) electrons. The minimum atomic E-state index is -0.539. The molecular formula is C10H13ClN4O2.